The predicted molar refractivity (Wildman–Crippen MR) is 93.2 cm³/mol. The number of hydrogen-bond acceptors (Lipinski definition) is 5. The lowest BCUT2D eigenvalue weighted by molar-refractivity contribution is -0.117. The molecule has 0 unspecified atom stereocenters. The van der Waals surface area contributed by atoms with Gasteiger partial charge in [-0.05, 0) is 30.2 Å². The number of fused-ring (bicyclic) bond motifs is 1. The van der Waals surface area contributed by atoms with Crippen molar-refractivity contribution in [1.82, 2.24) is 4.90 Å². The van der Waals surface area contributed by atoms with Gasteiger partial charge in [0.15, 0.2) is 0 Å². The zero-order chi connectivity index (χ0) is 17.8. The van der Waals surface area contributed by atoms with E-state index >= 15 is 0 Å². The van der Waals surface area contributed by atoms with Gasteiger partial charge in [0.25, 0.3) is 0 Å². The molecule has 6 heteroatoms. The first-order chi connectivity index (χ1) is 12.1. The Morgan fingerprint density at radius 1 is 1.16 bits per heavy atom. The van der Waals surface area contributed by atoms with Crippen molar-refractivity contribution in [3.05, 3.63) is 59.2 Å². The van der Waals surface area contributed by atoms with Gasteiger partial charge < -0.3 is 15.2 Å². The summed E-state index contributed by atoms with van der Waals surface area (Å²) < 4.78 is 4.86. The monoisotopic (exact) mass is 340 g/mol. The highest BCUT2D eigenvalue weighted by atomic mass is 16.5. The van der Waals surface area contributed by atoms with Crippen molar-refractivity contribution in [2.75, 3.05) is 18.5 Å². The van der Waals surface area contributed by atoms with Gasteiger partial charge in [0.1, 0.15) is 11.3 Å². The zero-order valence-corrected chi connectivity index (χ0v) is 14.0. The summed E-state index contributed by atoms with van der Waals surface area (Å²) in [4.78, 5) is 25.9. The molecule has 130 valence electrons. The van der Waals surface area contributed by atoms with Crippen molar-refractivity contribution in [3.63, 3.8) is 0 Å². The number of ether oxygens (including phenoxy) is 1. The van der Waals surface area contributed by atoms with Crippen LogP contribution in [0, 0.1) is 0 Å². The average molecular weight is 340 g/mol. The van der Waals surface area contributed by atoms with Crippen LogP contribution in [0.4, 0.5) is 5.69 Å². The van der Waals surface area contributed by atoms with Crippen molar-refractivity contribution in [2.24, 2.45) is 0 Å². The van der Waals surface area contributed by atoms with E-state index in [0.717, 1.165) is 13.1 Å². The van der Waals surface area contributed by atoms with Crippen molar-refractivity contribution in [1.29, 1.82) is 0 Å². The Morgan fingerprint density at radius 2 is 1.84 bits per heavy atom. The lowest BCUT2D eigenvalue weighted by Gasteiger charge is -2.15. The van der Waals surface area contributed by atoms with Gasteiger partial charge in [-0.3, -0.25) is 9.69 Å². The number of hydrogen-bond donors (Lipinski definition) is 2. The predicted octanol–water partition coefficient (Wildman–Crippen LogP) is 2.52. The van der Waals surface area contributed by atoms with E-state index < -0.39 is 5.97 Å². The summed E-state index contributed by atoms with van der Waals surface area (Å²) in [7, 11) is 0. The fourth-order valence-electron chi connectivity index (χ4n) is 2.91. The lowest BCUT2D eigenvalue weighted by atomic mass is 10.1. The number of esters is 1. The Hall–Kier alpha value is -2.86. The number of rotatable bonds is 5. The van der Waals surface area contributed by atoms with Gasteiger partial charge in [-0.25, -0.2) is 4.79 Å². The molecule has 0 spiro atoms. The van der Waals surface area contributed by atoms with Crippen molar-refractivity contribution in [2.45, 2.75) is 20.0 Å². The second-order valence-corrected chi connectivity index (χ2v) is 5.91. The summed E-state index contributed by atoms with van der Waals surface area (Å²) >= 11 is 0. The highest BCUT2D eigenvalue weighted by Gasteiger charge is 2.20. The molecule has 0 atom stereocenters. The number of nitrogens with one attached hydrogen (secondary N) is 1. The third-order valence-corrected chi connectivity index (χ3v) is 4.05. The van der Waals surface area contributed by atoms with E-state index in [1.807, 2.05) is 17.0 Å². The topological polar surface area (TPSA) is 78.9 Å². The largest absolute Gasteiger partial charge is 0.507 e. The summed E-state index contributed by atoms with van der Waals surface area (Å²) in [5, 5.41) is 12.7. The molecule has 0 fully saturated rings. The Labute approximate surface area is 146 Å². The number of anilines is 1. The van der Waals surface area contributed by atoms with Crippen LogP contribution in [-0.2, 0) is 22.6 Å². The van der Waals surface area contributed by atoms with Gasteiger partial charge in [-0.15, -0.1) is 0 Å². The van der Waals surface area contributed by atoms with Crippen LogP contribution in [0.15, 0.2) is 42.5 Å². The Bertz CT molecular complexity index is 779. The molecule has 0 saturated heterocycles. The minimum atomic E-state index is -0.590. The fourth-order valence-corrected chi connectivity index (χ4v) is 2.91. The normalized spacial score (nSPS) is 13.3. The number of amides is 1. The first kappa shape index (κ1) is 17.0. The van der Waals surface area contributed by atoms with E-state index in [0.29, 0.717) is 5.69 Å². The fraction of sp³-hybridized carbons (Fsp3) is 0.263. The van der Waals surface area contributed by atoms with Crippen LogP contribution in [0.5, 0.6) is 5.75 Å². The third kappa shape index (κ3) is 3.97. The van der Waals surface area contributed by atoms with E-state index in [1.54, 1.807) is 13.0 Å². The molecule has 0 aromatic heterocycles. The summed E-state index contributed by atoms with van der Waals surface area (Å²) in [5.41, 5.74) is 3.00. The van der Waals surface area contributed by atoms with E-state index in [1.165, 1.54) is 23.3 Å². The maximum Gasteiger partial charge on any atom is 0.341 e. The molecule has 1 aliphatic heterocycles. The molecule has 0 saturated carbocycles. The summed E-state index contributed by atoms with van der Waals surface area (Å²) in [6.45, 7) is 3.68. The van der Waals surface area contributed by atoms with Gasteiger partial charge in [-0.2, -0.15) is 0 Å². The molecular formula is C19H20N2O4. The first-order valence-corrected chi connectivity index (χ1v) is 8.16. The van der Waals surface area contributed by atoms with E-state index in [4.69, 9.17) is 4.74 Å². The zero-order valence-electron chi connectivity index (χ0n) is 14.0. The SMILES string of the molecule is CCOC(=O)c1ccc(NC(=O)CN2Cc3ccccc3C2)cc1O. The maximum absolute atomic E-state index is 12.2. The van der Waals surface area contributed by atoms with Gasteiger partial charge >= 0.3 is 5.97 Å². The van der Waals surface area contributed by atoms with Gasteiger partial charge in [-0.1, -0.05) is 24.3 Å². The molecule has 0 radical (unpaired) electrons. The second-order valence-electron chi connectivity index (χ2n) is 5.91. The summed E-state index contributed by atoms with van der Waals surface area (Å²) in [6, 6.07) is 12.5. The number of nitrogens with zero attached hydrogens (tertiary/aromatic N) is 1. The van der Waals surface area contributed by atoms with Crippen LogP contribution in [0.2, 0.25) is 0 Å². The second kappa shape index (κ2) is 7.36. The van der Waals surface area contributed by atoms with Crippen LogP contribution in [0.3, 0.4) is 0 Å². The quantitative estimate of drug-likeness (QED) is 0.818. The van der Waals surface area contributed by atoms with Crippen molar-refractivity contribution in [3.8, 4) is 5.75 Å². The minimum Gasteiger partial charge on any atom is -0.507 e. The molecule has 2 N–H and O–H groups in total. The van der Waals surface area contributed by atoms with Crippen LogP contribution in [0.1, 0.15) is 28.4 Å². The molecule has 25 heavy (non-hydrogen) atoms. The molecule has 0 bridgehead atoms. The summed E-state index contributed by atoms with van der Waals surface area (Å²) in [5.74, 6) is -0.978. The molecule has 0 aliphatic carbocycles. The van der Waals surface area contributed by atoms with Gasteiger partial charge in [0, 0.05) is 24.8 Å². The molecule has 2 aromatic carbocycles. The molecule has 2 aromatic rings. The lowest BCUT2D eigenvalue weighted by Crippen LogP contribution is -2.29. The minimum absolute atomic E-state index is 0.0786. The first-order valence-electron chi connectivity index (χ1n) is 8.16. The van der Waals surface area contributed by atoms with Crippen molar-refractivity contribution < 1.29 is 19.4 Å². The standard InChI is InChI=1S/C19H20N2O4/c1-2-25-19(24)16-8-7-15(9-17(16)22)20-18(23)12-21-10-13-5-3-4-6-14(13)11-21/h3-9,22H,2,10-12H2,1H3,(H,20,23). The van der Waals surface area contributed by atoms with Crippen LogP contribution in [-0.4, -0.2) is 35.0 Å². The maximum atomic E-state index is 12.2. The smallest absolute Gasteiger partial charge is 0.341 e. The van der Waals surface area contributed by atoms with Gasteiger partial charge in [0.05, 0.1) is 13.2 Å². The number of phenolic OH excluding ortho intramolecular Hbond substituents is 1. The third-order valence-electron chi connectivity index (χ3n) is 4.05. The Kier molecular flexibility index (Phi) is 5.00. The number of phenols is 1. The highest BCUT2D eigenvalue weighted by molar-refractivity contribution is 5.96. The molecule has 1 aliphatic rings. The van der Waals surface area contributed by atoms with E-state index in [2.05, 4.69) is 17.4 Å². The summed E-state index contributed by atoms with van der Waals surface area (Å²) in [6.07, 6.45) is 0. The van der Waals surface area contributed by atoms with Crippen LogP contribution in [0.25, 0.3) is 0 Å². The number of benzene rings is 2. The Morgan fingerprint density at radius 3 is 2.44 bits per heavy atom. The number of aromatic hydroxyl groups is 1. The van der Waals surface area contributed by atoms with E-state index in [-0.39, 0.29) is 30.4 Å². The molecule has 1 amide bonds. The molecule has 1 heterocycles. The number of carbonyl (C=O) groups excluding carboxylic acids is 2. The molecular weight excluding hydrogens is 320 g/mol. The van der Waals surface area contributed by atoms with Crippen LogP contribution < -0.4 is 5.32 Å². The Balaban J connectivity index is 1.58. The molecule has 6 nitrogen and oxygen atoms in total. The van der Waals surface area contributed by atoms with Crippen molar-refractivity contribution >= 4 is 17.6 Å². The average Bonchev–Trinajstić information content (AvgIpc) is 2.97. The number of carbonyl (C=O) groups is 2. The highest BCUT2D eigenvalue weighted by Crippen LogP contribution is 2.24. The van der Waals surface area contributed by atoms with E-state index in [9.17, 15) is 14.7 Å². The van der Waals surface area contributed by atoms with Crippen LogP contribution >= 0.6 is 0 Å². The molecule has 3 rings (SSSR count). The van der Waals surface area contributed by atoms with Gasteiger partial charge in [0.2, 0.25) is 5.91 Å².